The van der Waals surface area contributed by atoms with E-state index in [4.69, 9.17) is 0 Å². The third-order valence-electron chi connectivity index (χ3n) is 3.62. The predicted octanol–water partition coefficient (Wildman–Crippen LogP) is 1.03. The summed E-state index contributed by atoms with van der Waals surface area (Å²) in [4.78, 5) is 18.0. The van der Waals surface area contributed by atoms with Crippen LogP contribution in [0, 0.1) is 0 Å². The van der Waals surface area contributed by atoms with Gasteiger partial charge < -0.3 is 4.90 Å². The van der Waals surface area contributed by atoms with Crippen molar-refractivity contribution in [1.29, 1.82) is 0 Å². The largest absolute Gasteiger partial charge is 0.335 e. The van der Waals surface area contributed by atoms with Crippen LogP contribution < -0.4 is 4.72 Å². The van der Waals surface area contributed by atoms with Gasteiger partial charge in [-0.25, -0.2) is 13.1 Å². The van der Waals surface area contributed by atoms with E-state index in [1.165, 1.54) is 6.08 Å². The number of hydrogen-bond acceptors (Lipinski definition) is 4. The van der Waals surface area contributed by atoms with Gasteiger partial charge in [0.25, 0.3) is 0 Å². The van der Waals surface area contributed by atoms with Crippen molar-refractivity contribution in [2.24, 2.45) is 0 Å². The number of nitrogens with zero attached hydrogens (tertiary/aromatic N) is 2. The third-order valence-corrected chi connectivity index (χ3v) is 4.31. The van der Waals surface area contributed by atoms with Crippen LogP contribution >= 0.6 is 0 Å². The van der Waals surface area contributed by atoms with E-state index in [2.05, 4.69) is 9.71 Å². The van der Waals surface area contributed by atoms with Gasteiger partial charge in [-0.2, -0.15) is 0 Å². The second kappa shape index (κ2) is 7.51. The summed E-state index contributed by atoms with van der Waals surface area (Å²) in [5.74, 6) is -0.0863. The first kappa shape index (κ1) is 16.6. The average Bonchev–Trinajstić information content (AvgIpc) is 2.51. The number of nitrogens with one attached hydrogen (secondary N) is 1. The molecule has 0 aliphatic carbocycles. The van der Waals surface area contributed by atoms with Crippen molar-refractivity contribution in [3.05, 3.63) is 36.2 Å². The van der Waals surface area contributed by atoms with Crippen LogP contribution in [0.1, 0.15) is 24.8 Å². The Kier molecular flexibility index (Phi) is 5.68. The van der Waals surface area contributed by atoms with E-state index in [9.17, 15) is 13.2 Å². The molecule has 1 N–H and O–H groups in total. The van der Waals surface area contributed by atoms with E-state index in [1.54, 1.807) is 23.4 Å². The summed E-state index contributed by atoms with van der Waals surface area (Å²) in [5.41, 5.74) is 0.908. The van der Waals surface area contributed by atoms with Crippen LogP contribution in [-0.2, 0) is 14.8 Å². The molecule has 1 aromatic rings. The summed E-state index contributed by atoms with van der Waals surface area (Å²) in [6.45, 7) is 0.934. The number of carbonyl (C=O) groups is 1. The van der Waals surface area contributed by atoms with Crippen LogP contribution in [0.5, 0.6) is 0 Å². The van der Waals surface area contributed by atoms with Crippen molar-refractivity contribution < 1.29 is 13.2 Å². The summed E-state index contributed by atoms with van der Waals surface area (Å²) in [5, 5.41) is 0. The number of aromatic nitrogens is 1. The first-order valence-corrected chi connectivity index (χ1v) is 9.18. The summed E-state index contributed by atoms with van der Waals surface area (Å²) in [6, 6.07) is 3.56. The van der Waals surface area contributed by atoms with Crippen LogP contribution in [0.15, 0.2) is 30.6 Å². The molecule has 2 rings (SSSR count). The highest BCUT2D eigenvalue weighted by Crippen LogP contribution is 2.17. The Labute approximate surface area is 131 Å². The monoisotopic (exact) mass is 323 g/mol. The van der Waals surface area contributed by atoms with Crippen molar-refractivity contribution in [2.75, 3.05) is 19.3 Å². The lowest BCUT2D eigenvalue weighted by atomic mass is 10.0. The van der Waals surface area contributed by atoms with Gasteiger partial charge in [-0.05, 0) is 43.0 Å². The molecule has 0 bridgehead atoms. The smallest absolute Gasteiger partial charge is 0.246 e. The Morgan fingerprint density at radius 1 is 1.41 bits per heavy atom. The van der Waals surface area contributed by atoms with E-state index >= 15 is 0 Å². The van der Waals surface area contributed by atoms with Crippen LogP contribution in [-0.4, -0.2) is 49.6 Å². The molecule has 1 aromatic heterocycles. The lowest BCUT2D eigenvalue weighted by molar-refractivity contribution is -0.129. The molecular weight excluding hydrogens is 302 g/mol. The zero-order chi connectivity index (χ0) is 16.0. The molecule has 0 saturated carbocycles. The van der Waals surface area contributed by atoms with Crippen LogP contribution in [0.3, 0.4) is 0 Å². The first-order chi connectivity index (χ1) is 10.5. The minimum absolute atomic E-state index is 0.0851. The van der Waals surface area contributed by atoms with Gasteiger partial charge in [-0.1, -0.05) is 0 Å². The molecule has 1 aliphatic rings. The molecule has 1 saturated heterocycles. The fourth-order valence-electron chi connectivity index (χ4n) is 2.49. The van der Waals surface area contributed by atoms with Gasteiger partial charge in [0.2, 0.25) is 15.9 Å². The number of piperidine rings is 1. The Balaban J connectivity index is 2.00. The summed E-state index contributed by atoms with van der Waals surface area (Å²) < 4.78 is 24.9. The van der Waals surface area contributed by atoms with E-state index in [0.29, 0.717) is 6.54 Å². The molecule has 1 amide bonds. The van der Waals surface area contributed by atoms with Gasteiger partial charge in [0.1, 0.15) is 0 Å². The topological polar surface area (TPSA) is 79.4 Å². The molecule has 0 spiro atoms. The highest BCUT2D eigenvalue weighted by Gasteiger charge is 2.25. The molecule has 0 aromatic carbocycles. The number of hydrogen-bond donors (Lipinski definition) is 1. The molecule has 2 heterocycles. The predicted molar refractivity (Wildman–Crippen MR) is 85.5 cm³/mol. The Bertz CT molecular complexity index is 629. The number of sulfonamides is 1. The SMILES string of the molecule is CS(=O)(=O)NCC1CCCCN1C(=O)/C=C/c1ccncc1. The van der Waals surface area contributed by atoms with Gasteiger partial charge in [0, 0.05) is 37.6 Å². The third kappa shape index (κ3) is 5.23. The molecular formula is C15H21N3O3S. The second-order valence-corrected chi connectivity index (χ2v) is 7.25. The molecule has 1 aliphatic heterocycles. The second-order valence-electron chi connectivity index (χ2n) is 5.42. The minimum Gasteiger partial charge on any atom is -0.335 e. The zero-order valence-electron chi connectivity index (χ0n) is 12.6. The van der Waals surface area contributed by atoms with E-state index in [1.807, 2.05) is 12.1 Å². The van der Waals surface area contributed by atoms with Crippen molar-refractivity contribution in [3.63, 3.8) is 0 Å². The van der Waals surface area contributed by atoms with Gasteiger partial charge in [0.05, 0.1) is 6.26 Å². The van der Waals surface area contributed by atoms with Crippen molar-refractivity contribution in [3.8, 4) is 0 Å². The standard InChI is InChI=1S/C15H21N3O3S/c1-22(20,21)17-12-14-4-2-3-11-18(14)15(19)6-5-13-7-9-16-10-8-13/h5-10,14,17H,2-4,11-12H2,1H3/b6-5+. The summed E-state index contributed by atoms with van der Waals surface area (Å²) in [7, 11) is -3.24. The number of likely N-dealkylation sites (tertiary alicyclic amines) is 1. The maximum absolute atomic E-state index is 12.4. The fourth-order valence-corrected chi connectivity index (χ4v) is 2.98. The highest BCUT2D eigenvalue weighted by molar-refractivity contribution is 7.88. The fraction of sp³-hybridized carbons (Fsp3) is 0.467. The normalized spacial score (nSPS) is 19.5. The Morgan fingerprint density at radius 3 is 2.82 bits per heavy atom. The average molecular weight is 323 g/mol. The molecule has 22 heavy (non-hydrogen) atoms. The number of pyridine rings is 1. The summed E-state index contributed by atoms with van der Waals surface area (Å²) in [6.07, 6.45) is 10.5. The Morgan fingerprint density at radius 2 is 2.14 bits per heavy atom. The van der Waals surface area contributed by atoms with Crippen LogP contribution in [0.4, 0.5) is 0 Å². The number of carbonyl (C=O) groups excluding carboxylic acids is 1. The van der Waals surface area contributed by atoms with Gasteiger partial charge in [-0.3, -0.25) is 9.78 Å². The molecule has 1 atom stereocenters. The van der Waals surface area contributed by atoms with Gasteiger partial charge in [0.15, 0.2) is 0 Å². The van der Waals surface area contributed by atoms with E-state index in [-0.39, 0.29) is 18.5 Å². The van der Waals surface area contributed by atoms with Crippen LogP contribution in [0.2, 0.25) is 0 Å². The highest BCUT2D eigenvalue weighted by atomic mass is 32.2. The Hall–Kier alpha value is -1.73. The van der Waals surface area contributed by atoms with Crippen molar-refractivity contribution in [2.45, 2.75) is 25.3 Å². The van der Waals surface area contributed by atoms with Crippen molar-refractivity contribution in [1.82, 2.24) is 14.6 Å². The van der Waals surface area contributed by atoms with E-state index in [0.717, 1.165) is 31.1 Å². The lowest BCUT2D eigenvalue weighted by Crippen LogP contribution is -2.48. The van der Waals surface area contributed by atoms with Crippen LogP contribution in [0.25, 0.3) is 6.08 Å². The molecule has 0 radical (unpaired) electrons. The molecule has 120 valence electrons. The molecule has 7 heteroatoms. The van der Waals surface area contributed by atoms with Gasteiger partial charge >= 0.3 is 0 Å². The quantitative estimate of drug-likeness (QED) is 0.821. The number of amides is 1. The lowest BCUT2D eigenvalue weighted by Gasteiger charge is -2.35. The van der Waals surface area contributed by atoms with Crippen molar-refractivity contribution >= 4 is 22.0 Å². The maximum Gasteiger partial charge on any atom is 0.246 e. The maximum atomic E-state index is 12.4. The zero-order valence-corrected chi connectivity index (χ0v) is 13.4. The van der Waals surface area contributed by atoms with E-state index < -0.39 is 10.0 Å². The molecule has 1 fully saturated rings. The molecule has 6 nitrogen and oxygen atoms in total. The summed E-state index contributed by atoms with van der Waals surface area (Å²) >= 11 is 0. The number of rotatable bonds is 5. The minimum atomic E-state index is -3.24. The molecule has 1 unspecified atom stereocenters. The van der Waals surface area contributed by atoms with Gasteiger partial charge in [-0.15, -0.1) is 0 Å². The first-order valence-electron chi connectivity index (χ1n) is 7.29.